The highest BCUT2D eigenvalue weighted by Gasteiger charge is 2.31. The number of rotatable bonds is 3. The molecule has 0 saturated heterocycles. The highest BCUT2D eigenvalue weighted by atomic mass is 16.2. The van der Waals surface area contributed by atoms with Crippen molar-refractivity contribution in [2.45, 2.75) is 52.6 Å². The van der Waals surface area contributed by atoms with Crippen molar-refractivity contribution in [3.63, 3.8) is 0 Å². The summed E-state index contributed by atoms with van der Waals surface area (Å²) in [6.07, 6.45) is 5.80. The molecule has 1 amide bonds. The van der Waals surface area contributed by atoms with Crippen molar-refractivity contribution in [1.82, 2.24) is 25.1 Å². The largest absolute Gasteiger partial charge is 0.327 e. The minimum Gasteiger partial charge on any atom is -0.327 e. The second kappa shape index (κ2) is 5.44. The van der Waals surface area contributed by atoms with E-state index in [0.717, 1.165) is 54.0 Å². The van der Waals surface area contributed by atoms with Crippen LogP contribution in [0.15, 0.2) is 6.20 Å². The van der Waals surface area contributed by atoms with E-state index >= 15 is 0 Å². The molecule has 6 heteroatoms. The van der Waals surface area contributed by atoms with Gasteiger partial charge in [-0.15, -0.1) is 0 Å². The zero-order valence-electron chi connectivity index (χ0n) is 13.6. The number of hydrogen-bond acceptors (Lipinski definition) is 4. The smallest absolute Gasteiger partial charge is 0.275 e. The highest BCUT2D eigenvalue weighted by Crippen LogP contribution is 2.27. The zero-order chi connectivity index (χ0) is 16.0. The summed E-state index contributed by atoms with van der Waals surface area (Å²) in [5.74, 6) is 1.40. The molecule has 0 fully saturated rings. The lowest BCUT2D eigenvalue weighted by molar-refractivity contribution is 0.0743. The van der Waals surface area contributed by atoms with Crippen molar-refractivity contribution in [1.29, 1.82) is 0 Å². The summed E-state index contributed by atoms with van der Waals surface area (Å²) in [5.41, 5.74) is 4.87. The topological polar surface area (TPSA) is 74.8 Å². The summed E-state index contributed by atoms with van der Waals surface area (Å²) in [6.45, 7) is 5.45. The normalized spacial score (nSPS) is 16.0. The molecule has 120 valence electrons. The van der Waals surface area contributed by atoms with E-state index in [1.54, 1.807) is 0 Å². The molecule has 3 heterocycles. The predicted octanol–water partition coefficient (Wildman–Crippen LogP) is 2.04. The number of carbonyl (C=O) groups is 1. The Balaban J connectivity index is 1.54. The van der Waals surface area contributed by atoms with Gasteiger partial charge in [-0.25, -0.2) is 9.97 Å². The Morgan fingerprint density at radius 3 is 3.04 bits per heavy atom. The molecular weight excluding hydrogens is 290 g/mol. The fourth-order valence-corrected chi connectivity index (χ4v) is 3.45. The molecule has 2 aromatic rings. The maximum atomic E-state index is 12.8. The number of nitrogens with one attached hydrogen (secondary N) is 1. The number of aromatic amines is 1. The number of amides is 1. The molecule has 0 atom stereocenters. The Kier molecular flexibility index (Phi) is 3.39. The number of aromatic nitrogens is 4. The van der Waals surface area contributed by atoms with Crippen molar-refractivity contribution in [2.24, 2.45) is 5.92 Å². The van der Waals surface area contributed by atoms with Crippen LogP contribution in [0.5, 0.6) is 0 Å². The predicted molar refractivity (Wildman–Crippen MR) is 84.8 cm³/mol. The Labute approximate surface area is 135 Å². The fraction of sp³-hybridized carbons (Fsp3) is 0.529. The van der Waals surface area contributed by atoms with Crippen LogP contribution in [0.1, 0.15) is 59.1 Å². The molecule has 6 nitrogen and oxygen atoms in total. The van der Waals surface area contributed by atoms with Crippen LogP contribution < -0.4 is 0 Å². The number of fused-ring (bicyclic) bond motifs is 2. The molecule has 0 radical (unpaired) electrons. The highest BCUT2D eigenvalue weighted by molar-refractivity contribution is 5.94. The van der Waals surface area contributed by atoms with E-state index in [-0.39, 0.29) is 5.91 Å². The second-order valence-electron chi connectivity index (χ2n) is 6.90. The summed E-state index contributed by atoms with van der Waals surface area (Å²) in [5, 5.41) is 7.27. The third-order valence-electron chi connectivity index (χ3n) is 4.59. The first-order valence-corrected chi connectivity index (χ1v) is 8.31. The summed E-state index contributed by atoms with van der Waals surface area (Å²) in [7, 11) is 0. The minimum absolute atomic E-state index is 0.00723. The maximum absolute atomic E-state index is 12.8. The van der Waals surface area contributed by atoms with Crippen LogP contribution in [0.4, 0.5) is 0 Å². The van der Waals surface area contributed by atoms with Gasteiger partial charge >= 0.3 is 0 Å². The Hall–Kier alpha value is -2.24. The standard InChI is InChI=1S/C17H21N5O/c1-10(2)6-15-18-7-11-8-22(9-14(11)19-15)17(23)16-12-4-3-5-13(12)20-21-16/h7,10H,3-6,8-9H2,1-2H3,(H,20,21). The molecule has 1 aliphatic heterocycles. The van der Waals surface area contributed by atoms with Crippen LogP contribution in [0, 0.1) is 5.92 Å². The van der Waals surface area contributed by atoms with Crippen LogP contribution in [0.3, 0.4) is 0 Å². The van der Waals surface area contributed by atoms with Gasteiger partial charge in [0.05, 0.1) is 12.2 Å². The number of aryl methyl sites for hydroxylation is 1. The second-order valence-corrected chi connectivity index (χ2v) is 6.90. The number of carbonyl (C=O) groups excluding carboxylic acids is 1. The Morgan fingerprint density at radius 2 is 2.22 bits per heavy atom. The van der Waals surface area contributed by atoms with Gasteiger partial charge in [-0.1, -0.05) is 13.8 Å². The molecule has 1 aliphatic carbocycles. The van der Waals surface area contributed by atoms with E-state index in [4.69, 9.17) is 0 Å². The first kappa shape index (κ1) is 14.4. The van der Waals surface area contributed by atoms with Gasteiger partial charge in [0.15, 0.2) is 5.69 Å². The van der Waals surface area contributed by atoms with Gasteiger partial charge in [0.2, 0.25) is 0 Å². The molecule has 0 saturated carbocycles. The summed E-state index contributed by atoms with van der Waals surface area (Å²) >= 11 is 0. The van der Waals surface area contributed by atoms with E-state index in [9.17, 15) is 4.79 Å². The molecule has 1 N–H and O–H groups in total. The quantitative estimate of drug-likeness (QED) is 0.941. The Morgan fingerprint density at radius 1 is 1.35 bits per heavy atom. The van der Waals surface area contributed by atoms with E-state index in [1.807, 2.05) is 11.1 Å². The SMILES string of the molecule is CC(C)Cc1ncc2c(n1)CN(C(=O)c1n[nH]c3c1CCC3)C2. The molecule has 0 unspecified atom stereocenters. The average molecular weight is 311 g/mol. The average Bonchev–Trinajstić information content (AvgIpc) is 3.20. The van der Waals surface area contributed by atoms with Gasteiger partial charge < -0.3 is 4.90 Å². The zero-order valence-corrected chi connectivity index (χ0v) is 13.6. The summed E-state index contributed by atoms with van der Waals surface area (Å²) in [6, 6.07) is 0. The maximum Gasteiger partial charge on any atom is 0.275 e. The van der Waals surface area contributed by atoms with Crippen molar-refractivity contribution in [3.8, 4) is 0 Å². The van der Waals surface area contributed by atoms with Crippen molar-refractivity contribution in [2.75, 3.05) is 0 Å². The third kappa shape index (κ3) is 2.52. The fourth-order valence-electron chi connectivity index (χ4n) is 3.45. The third-order valence-corrected chi connectivity index (χ3v) is 4.59. The van der Waals surface area contributed by atoms with Gasteiger partial charge in [-0.05, 0) is 25.2 Å². The van der Waals surface area contributed by atoms with Crippen LogP contribution in [0.2, 0.25) is 0 Å². The molecule has 0 spiro atoms. The lowest BCUT2D eigenvalue weighted by Crippen LogP contribution is -2.26. The first-order chi connectivity index (χ1) is 11.1. The van der Waals surface area contributed by atoms with Crippen molar-refractivity contribution >= 4 is 5.91 Å². The van der Waals surface area contributed by atoms with Gasteiger partial charge in [0, 0.05) is 36.0 Å². The molecule has 4 rings (SSSR count). The number of nitrogens with zero attached hydrogens (tertiary/aromatic N) is 4. The van der Waals surface area contributed by atoms with Crippen LogP contribution >= 0.6 is 0 Å². The van der Waals surface area contributed by atoms with E-state index < -0.39 is 0 Å². The van der Waals surface area contributed by atoms with E-state index in [0.29, 0.717) is 24.7 Å². The van der Waals surface area contributed by atoms with E-state index in [1.165, 1.54) is 0 Å². The van der Waals surface area contributed by atoms with Gasteiger partial charge in [0.1, 0.15) is 5.82 Å². The summed E-state index contributed by atoms with van der Waals surface area (Å²) in [4.78, 5) is 23.7. The molecule has 0 bridgehead atoms. The molecular formula is C17H21N5O. The molecule has 2 aliphatic rings. The van der Waals surface area contributed by atoms with Gasteiger partial charge in [-0.2, -0.15) is 5.10 Å². The molecule has 0 aromatic carbocycles. The molecule has 23 heavy (non-hydrogen) atoms. The van der Waals surface area contributed by atoms with Gasteiger partial charge in [0.25, 0.3) is 5.91 Å². The van der Waals surface area contributed by atoms with Gasteiger partial charge in [-0.3, -0.25) is 9.89 Å². The van der Waals surface area contributed by atoms with Crippen LogP contribution in [-0.2, 0) is 32.4 Å². The van der Waals surface area contributed by atoms with Crippen LogP contribution in [-0.4, -0.2) is 31.0 Å². The Bertz CT molecular complexity index is 764. The van der Waals surface area contributed by atoms with E-state index in [2.05, 4.69) is 34.0 Å². The molecule has 2 aromatic heterocycles. The van der Waals surface area contributed by atoms with Crippen molar-refractivity contribution < 1.29 is 4.79 Å². The lowest BCUT2D eigenvalue weighted by Gasteiger charge is -2.13. The van der Waals surface area contributed by atoms with Crippen molar-refractivity contribution in [3.05, 3.63) is 40.2 Å². The number of H-pyrrole nitrogens is 1. The lowest BCUT2D eigenvalue weighted by atomic mass is 10.1. The number of hydrogen-bond donors (Lipinski definition) is 1. The minimum atomic E-state index is 0.00723. The monoisotopic (exact) mass is 311 g/mol. The first-order valence-electron chi connectivity index (χ1n) is 8.31. The summed E-state index contributed by atoms with van der Waals surface area (Å²) < 4.78 is 0. The van der Waals surface area contributed by atoms with Crippen LogP contribution in [0.25, 0.3) is 0 Å².